The predicted octanol–water partition coefficient (Wildman–Crippen LogP) is 3.45. The highest BCUT2D eigenvalue weighted by molar-refractivity contribution is 5.47. The van der Waals surface area contributed by atoms with Crippen LogP contribution in [-0.4, -0.2) is 19.0 Å². The number of benzene rings is 1. The van der Waals surface area contributed by atoms with Gasteiger partial charge in [-0.05, 0) is 37.1 Å². The minimum Gasteiger partial charge on any atom is -0.487 e. The number of nitriles is 1. The molecule has 1 rings (SSSR count). The van der Waals surface area contributed by atoms with Crippen LogP contribution in [0.1, 0.15) is 16.7 Å². The Morgan fingerprint density at radius 1 is 1.28 bits per heavy atom. The van der Waals surface area contributed by atoms with Gasteiger partial charge < -0.3 is 4.74 Å². The van der Waals surface area contributed by atoms with Crippen LogP contribution in [0, 0.1) is 25.2 Å². The summed E-state index contributed by atoms with van der Waals surface area (Å²) < 4.78 is 54.1. The molecule has 0 aliphatic heterocycles. The number of halogens is 4. The second kappa shape index (κ2) is 5.25. The predicted molar refractivity (Wildman–Crippen MR) is 57.1 cm³/mol. The zero-order chi connectivity index (χ0) is 13.9. The van der Waals surface area contributed by atoms with E-state index in [9.17, 15) is 17.6 Å². The first-order chi connectivity index (χ1) is 8.27. The molecule has 0 aliphatic carbocycles. The molecule has 0 bridgehead atoms. The van der Waals surface area contributed by atoms with Crippen molar-refractivity contribution < 1.29 is 22.3 Å². The van der Waals surface area contributed by atoms with Crippen molar-refractivity contribution in [3.63, 3.8) is 0 Å². The first-order valence-electron chi connectivity index (χ1n) is 5.08. The molecule has 0 heterocycles. The molecule has 0 unspecified atom stereocenters. The van der Waals surface area contributed by atoms with Gasteiger partial charge in [0, 0.05) is 0 Å². The normalized spacial score (nSPS) is 11.4. The fourth-order valence-corrected chi connectivity index (χ4v) is 1.47. The highest BCUT2D eigenvalue weighted by Crippen LogP contribution is 2.28. The van der Waals surface area contributed by atoms with Gasteiger partial charge in [0.15, 0.2) is 6.61 Å². The Morgan fingerprint density at radius 2 is 1.78 bits per heavy atom. The molecule has 0 atom stereocenters. The van der Waals surface area contributed by atoms with Gasteiger partial charge in [0.05, 0.1) is 11.6 Å². The second-order valence-electron chi connectivity index (χ2n) is 3.90. The molecule has 0 fully saturated rings. The molecule has 98 valence electrons. The van der Waals surface area contributed by atoms with Gasteiger partial charge in [-0.2, -0.15) is 14.0 Å². The summed E-state index contributed by atoms with van der Waals surface area (Å²) in [7, 11) is 0. The van der Waals surface area contributed by atoms with Crippen molar-refractivity contribution in [2.75, 3.05) is 6.61 Å². The molecular formula is C12H11F4NO. The summed E-state index contributed by atoms with van der Waals surface area (Å²) in [6, 6.07) is 4.80. The van der Waals surface area contributed by atoms with Crippen LogP contribution < -0.4 is 4.74 Å². The van der Waals surface area contributed by atoms with E-state index in [1.165, 1.54) is 12.1 Å². The Balaban J connectivity index is 2.90. The van der Waals surface area contributed by atoms with Crippen LogP contribution in [0.15, 0.2) is 12.1 Å². The van der Waals surface area contributed by atoms with Crippen molar-refractivity contribution in [1.82, 2.24) is 0 Å². The third-order valence-corrected chi connectivity index (χ3v) is 2.32. The van der Waals surface area contributed by atoms with E-state index in [0.29, 0.717) is 16.7 Å². The first-order valence-corrected chi connectivity index (χ1v) is 5.08. The number of hydrogen-bond donors (Lipinski definition) is 0. The maximum absolute atomic E-state index is 12.7. The Labute approximate surface area is 102 Å². The molecule has 18 heavy (non-hydrogen) atoms. The molecule has 6 heteroatoms. The number of hydrogen-bond acceptors (Lipinski definition) is 2. The third-order valence-electron chi connectivity index (χ3n) is 2.32. The average molecular weight is 261 g/mol. The number of alkyl halides is 4. The summed E-state index contributed by atoms with van der Waals surface area (Å²) in [5.74, 6) is -4.08. The topological polar surface area (TPSA) is 33.0 Å². The van der Waals surface area contributed by atoms with Crippen LogP contribution in [0.2, 0.25) is 0 Å². The number of ether oxygens (including phenoxy) is 1. The molecule has 0 saturated carbocycles. The summed E-state index contributed by atoms with van der Waals surface area (Å²) in [6.45, 7) is 1.73. The summed E-state index contributed by atoms with van der Waals surface area (Å²) in [5, 5.41) is 8.70. The van der Waals surface area contributed by atoms with Gasteiger partial charge >= 0.3 is 12.3 Å². The van der Waals surface area contributed by atoms with Crippen molar-refractivity contribution in [2.24, 2.45) is 0 Å². The lowest BCUT2D eigenvalue weighted by atomic mass is 10.1. The fourth-order valence-electron chi connectivity index (χ4n) is 1.47. The molecule has 0 aliphatic rings. The number of rotatable bonds is 4. The Bertz CT molecular complexity index is 456. The standard InChI is InChI=1S/C12H11F4NO/c1-7-3-9(5-17)4-8(2)10(7)18-6-12(15,16)11(13)14/h3-4,11H,6H2,1-2H3. The third kappa shape index (κ3) is 3.13. The van der Waals surface area contributed by atoms with Crippen molar-refractivity contribution in [1.29, 1.82) is 5.26 Å². The minimum absolute atomic E-state index is 0.106. The quantitative estimate of drug-likeness (QED) is 0.778. The molecular weight excluding hydrogens is 250 g/mol. The summed E-state index contributed by atoms with van der Waals surface area (Å²) in [6.07, 6.45) is -3.77. The maximum Gasteiger partial charge on any atom is 0.340 e. The van der Waals surface area contributed by atoms with Crippen LogP contribution in [0.3, 0.4) is 0 Å². The summed E-state index contributed by atoms with van der Waals surface area (Å²) >= 11 is 0. The molecule has 0 radical (unpaired) electrons. The van der Waals surface area contributed by atoms with E-state index in [1.54, 1.807) is 13.8 Å². The van der Waals surface area contributed by atoms with Crippen LogP contribution in [0.5, 0.6) is 5.75 Å². The smallest absolute Gasteiger partial charge is 0.340 e. The van der Waals surface area contributed by atoms with Crippen molar-refractivity contribution in [3.8, 4) is 11.8 Å². The summed E-state index contributed by atoms with van der Waals surface area (Å²) in [5.41, 5.74) is 1.27. The van der Waals surface area contributed by atoms with Crippen LogP contribution >= 0.6 is 0 Å². The lowest BCUT2D eigenvalue weighted by Crippen LogP contribution is -2.34. The SMILES string of the molecule is Cc1cc(C#N)cc(C)c1OCC(F)(F)C(F)F. The minimum atomic E-state index is -4.19. The Kier molecular flexibility index (Phi) is 4.17. The van der Waals surface area contributed by atoms with E-state index in [2.05, 4.69) is 0 Å². The van der Waals surface area contributed by atoms with E-state index < -0.39 is 19.0 Å². The monoisotopic (exact) mass is 261 g/mol. The van der Waals surface area contributed by atoms with Crippen LogP contribution in [0.25, 0.3) is 0 Å². The van der Waals surface area contributed by atoms with Gasteiger partial charge in [0.1, 0.15) is 5.75 Å². The maximum atomic E-state index is 12.7. The average Bonchev–Trinajstić information content (AvgIpc) is 2.27. The van der Waals surface area contributed by atoms with Gasteiger partial charge in [-0.1, -0.05) is 0 Å². The first kappa shape index (κ1) is 14.3. The molecule has 2 nitrogen and oxygen atoms in total. The largest absolute Gasteiger partial charge is 0.487 e. The van der Waals surface area contributed by atoms with Gasteiger partial charge in [-0.15, -0.1) is 0 Å². The zero-order valence-electron chi connectivity index (χ0n) is 9.81. The second-order valence-corrected chi connectivity index (χ2v) is 3.90. The van der Waals surface area contributed by atoms with Crippen molar-refractivity contribution in [3.05, 3.63) is 28.8 Å². The molecule has 1 aromatic rings. The zero-order valence-corrected chi connectivity index (χ0v) is 9.81. The van der Waals surface area contributed by atoms with Gasteiger partial charge in [0.25, 0.3) is 0 Å². The van der Waals surface area contributed by atoms with E-state index >= 15 is 0 Å². The molecule has 0 N–H and O–H groups in total. The lowest BCUT2D eigenvalue weighted by molar-refractivity contribution is -0.148. The van der Waals surface area contributed by atoms with Gasteiger partial charge in [-0.3, -0.25) is 0 Å². The number of nitrogens with zero attached hydrogens (tertiary/aromatic N) is 1. The highest BCUT2D eigenvalue weighted by Gasteiger charge is 2.41. The van der Waals surface area contributed by atoms with Gasteiger partial charge in [0.2, 0.25) is 0 Å². The molecule has 0 amide bonds. The molecule has 0 aromatic heterocycles. The molecule has 0 saturated heterocycles. The van der Waals surface area contributed by atoms with Crippen molar-refractivity contribution >= 4 is 0 Å². The number of aryl methyl sites for hydroxylation is 2. The lowest BCUT2D eigenvalue weighted by Gasteiger charge is -2.18. The highest BCUT2D eigenvalue weighted by atomic mass is 19.3. The van der Waals surface area contributed by atoms with Gasteiger partial charge in [-0.25, -0.2) is 8.78 Å². The summed E-state index contributed by atoms with van der Waals surface area (Å²) in [4.78, 5) is 0. The molecule has 0 spiro atoms. The fraction of sp³-hybridized carbons (Fsp3) is 0.417. The Morgan fingerprint density at radius 3 is 2.17 bits per heavy atom. The Hall–Kier alpha value is -1.77. The van der Waals surface area contributed by atoms with E-state index in [0.717, 1.165) is 0 Å². The molecule has 1 aromatic carbocycles. The van der Waals surface area contributed by atoms with E-state index in [-0.39, 0.29) is 5.75 Å². The van der Waals surface area contributed by atoms with E-state index in [1.807, 2.05) is 6.07 Å². The van der Waals surface area contributed by atoms with Crippen LogP contribution in [0.4, 0.5) is 17.6 Å². The van der Waals surface area contributed by atoms with Crippen molar-refractivity contribution in [2.45, 2.75) is 26.2 Å². The van der Waals surface area contributed by atoms with E-state index in [4.69, 9.17) is 10.00 Å². The van der Waals surface area contributed by atoms with Crippen LogP contribution in [-0.2, 0) is 0 Å².